The maximum atomic E-state index is 14.5. The lowest BCUT2D eigenvalue weighted by molar-refractivity contribution is -0.234. The molecule has 0 atom stereocenters. The minimum atomic E-state index is -4.76. The largest absolute Gasteiger partial charge is 0.478 e. The molecule has 2 aromatic rings. The Bertz CT molecular complexity index is 1100. The van der Waals surface area contributed by atoms with Crippen LogP contribution in [0.1, 0.15) is 45.4 Å². The lowest BCUT2D eigenvalue weighted by Gasteiger charge is -2.29. The van der Waals surface area contributed by atoms with Gasteiger partial charge in [0.2, 0.25) is 6.41 Å². The second-order valence-corrected chi connectivity index (χ2v) is 7.74. The maximum absolute atomic E-state index is 14.5. The number of ether oxygens (including phenoxy) is 1. The van der Waals surface area contributed by atoms with E-state index in [2.05, 4.69) is 20.4 Å². The Morgan fingerprint density at radius 2 is 1.77 bits per heavy atom. The standard InChI is InChI=1S/C22H23F6N5O2/c1-5-6-17(14-9-15(23)11-16(10-14)35-20(2,3)22(26,27)28)33(32-12-29-13-34)19-18(21(4,24)25)30-7-8-31-19/h6-13H,5H2,1-4H3,(H,29,32,34)/b17-6-. The summed E-state index contributed by atoms with van der Waals surface area (Å²) in [5.41, 5.74) is -3.52. The summed E-state index contributed by atoms with van der Waals surface area (Å²) in [4.78, 5) is 18.3. The third-order valence-electron chi connectivity index (χ3n) is 4.46. The van der Waals surface area contributed by atoms with E-state index in [9.17, 15) is 31.1 Å². The summed E-state index contributed by atoms with van der Waals surface area (Å²) in [5, 5.41) is 6.94. The van der Waals surface area contributed by atoms with Gasteiger partial charge in [-0.2, -0.15) is 27.1 Å². The van der Waals surface area contributed by atoms with Crippen molar-refractivity contribution < 1.29 is 35.9 Å². The number of alkyl halides is 5. The number of hydrogen-bond acceptors (Lipinski definition) is 6. The highest BCUT2D eigenvalue weighted by Crippen LogP contribution is 2.38. The van der Waals surface area contributed by atoms with Crippen molar-refractivity contribution in [2.45, 2.75) is 51.8 Å². The van der Waals surface area contributed by atoms with Crippen LogP contribution < -0.4 is 15.1 Å². The molecule has 1 aromatic carbocycles. The molecule has 0 aliphatic rings. The van der Waals surface area contributed by atoms with Crippen LogP contribution in [-0.2, 0) is 10.7 Å². The molecule has 0 unspecified atom stereocenters. The number of amides is 1. The zero-order valence-corrected chi connectivity index (χ0v) is 19.2. The fourth-order valence-electron chi connectivity index (χ4n) is 2.79. The number of nitrogens with one attached hydrogen (secondary N) is 1. The predicted molar refractivity (Wildman–Crippen MR) is 117 cm³/mol. The van der Waals surface area contributed by atoms with Gasteiger partial charge in [-0.15, -0.1) is 0 Å². The zero-order valence-electron chi connectivity index (χ0n) is 19.2. The molecule has 35 heavy (non-hydrogen) atoms. The van der Waals surface area contributed by atoms with E-state index < -0.39 is 40.8 Å². The molecule has 190 valence electrons. The molecule has 0 aliphatic carbocycles. The van der Waals surface area contributed by atoms with Crippen LogP contribution in [0.25, 0.3) is 5.70 Å². The highest BCUT2D eigenvalue weighted by atomic mass is 19.4. The van der Waals surface area contributed by atoms with Crippen molar-refractivity contribution in [3.05, 3.63) is 53.7 Å². The van der Waals surface area contributed by atoms with Crippen LogP contribution in [0, 0.1) is 5.82 Å². The third kappa shape index (κ3) is 6.93. The van der Waals surface area contributed by atoms with Gasteiger partial charge in [0.05, 0.1) is 5.70 Å². The number of anilines is 1. The van der Waals surface area contributed by atoms with Crippen molar-refractivity contribution in [1.29, 1.82) is 0 Å². The van der Waals surface area contributed by atoms with Gasteiger partial charge < -0.3 is 10.1 Å². The van der Waals surface area contributed by atoms with E-state index in [1.807, 2.05) is 0 Å². The quantitative estimate of drug-likeness (QED) is 0.155. The molecule has 0 aliphatic heterocycles. The molecule has 1 amide bonds. The number of hydrogen-bond donors (Lipinski definition) is 1. The van der Waals surface area contributed by atoms with Crippen LogP contribution in [0.2, 0.25) is 0 Å². The van der Waals surface area contributed by atoms with Crippen molar-refractivity contribution in [1.82, 2.24) is 15.3 Å². The molecule has 0 bridgehead atoms. The number of halogens is 6. The second-order valence-electron chi connectivity index (χ2n) is 7.74. The summed E-state index contributed by atoms with van der Waals surface area (Å²) in [6.45, 7) is 3.82. The number of hydrazone groups is 1. The number of carbonyl (C=O) groups is 1. The highest BCUT2D eigenvalue weighted by molar-refractivity contribution is 5.82. The number of nitrogens with zero attached hydrogens (tertiary/aromatic N) is 4. The number of rotatable bonds is 10. The Hall–Kier alpha value is -3.64. The number of benzene rings is 1. The Morgan fingerprint density at radius 3 is 2.34 bits per heavy atom. The van der Waals surface area contributed by atoms with Gasteiger partial charge in [-0.1, -0.05) is 13.0 Å². The van der Waals surface area contributed by atoms with Crippen LogP contribution in [0.15, 0.2) is 41.8 Å². The smallest absolute Gasteiger partial charge is 0.427 e. The summed E-state index contributed by atoms with van der Waals surface area (Å²) in [7, 11) is 0. The molecule has 0 fully saturated rings. The molecule has 1 N–H and O–H groups in total. The number of aromatic nitrogens is 2. The average molecular weight is 503 g/mol. The Labute approximate surface area is 197 Å². The minimum Gasteiger partial charge on any atom is -0.478 e. The summed E-state index contributed by atoms with van der Waals surface area (Å²) in [6, 6.07) is 2.83. The van der Waals surface area contributed by atoms with Crippen LogP contribution in [0.5, 0.6) is 5.75 Å². The van der Waals surface area contributed by atoms with Crippen LogP contribution in [0.4, 0.5) is 32.2 Å². The second kappa shape index (κ2) is 10.7. The lowest BCUT2D eigenvalue weighted by Crippen LogP contribution is -2.44. The lowest BCUT2D eigenvalue weighted by atomic mass is 10.1. The van der Waals surface area contributed by atoms with E-state index in [4.69, 9.17) is 4.74 Å². The van der Waals surface area contributed by atoms with Gasteiger partial charge in [-0.3, -0.25) is 4.79 Å². The topological polar surface area (TPSA) is 79.7 Å². The summed E-state index contributed by atoms with van der Waals surface area (Å²) >= 11 is 0. The molecule has 0 saturated carbocycles. The van der Waals surface area contributed by atoms with Gasteiger partial charge in [0.1, 0.15) is 17.9 Å². The number of allylic oxidation sites excluding steroid dienone is 1. The van der Waals surface area contributed by atoms with Gasteiger partial charge >= 0.3 is 6.18 Å². The summed E-state index contributed by atoms with van der Waals surface area (Å²) < 4.78 is 88.0. The third-order valence-corrected chi connectivity index (χ3v) is 4.46. The molecular weight excluding hydrogens is 480 g/mol. The molecule has 1 heterocycles. The first-order valence-corrected chi connectivity index (χ1v) is 10.2. The molecule has 7 nitrogen and oxygen atoms in total. The fourth-order valence-corrected chi connectivity index (χ4v) is 2.79. The van der Waals surface area contributed by atoms with E-state index >= 15 is 0 Å². The van der Waals surface area contributed by atoms with Crippen LogP contribution in [0.3, 0.4) is 0 Å². The van der Waals surface area contributed by atoms with Crippen molar-refractivity contribution in [2.24, 2.45) is 5.10 Å². The van der Waals surface area contributed by atoms with Gasteiger partial charge in [-0.05, 0) is 32.4 Å². The highest BCUT2D eigenvalue weighted by Gasteiger charge is 2.50. The SMILES string of the molecule is CC/C=C(/c1cc(F)cc(OC(C)(C)C(F)(F)F)c1)N(/N=C/NC=O)c1nccnc1C(C)(F)F. The molecule has 0 spiro atoms. The summed E-state index contributed by atoms with van der Waals surface area (Å²) in [6.07, 6.45) is 0.267. The van der Waals surface area contributed by atoms with E-state index in [1.54, 1.807) is 6.92 Å². The zero-order chi connectivity index (χ0) is 26.4. The van der Waals surface area contributed by atoms with Crippen molar-refractivity contribution in [3.8, 4) is 5.75 Å². The number of carbonyl (C=O) groups excluding carboxylic acids is 1. The Balaban J connectivity index is 2.71. The van der Waals surface area contributed by atoms with Crippen molar-refractivity contribution in [2.75, 3.05) is 5.01 Å². The van der Waals surface area contributed by atoms with Crippen molar-refractivity contribution >= 4 is 24.3 Å². The Morgan fingerprint density at radius 1 is 1.11 bits per heavy atom. The predicted octanol–water partition coefficient (Wildman–Crippen LogP) is 5.39. The molecule has 0 saturated heterocycles. The van der Waals surface area contributed by atoms with Gasteiger partial charge in [0.15, 0.2) is 17.1 Å². The first-order valence-electron chi connectivity index (χ1n) is 10.2. The summed E-state index contributed by atoms with van der Waals surface area (Å²) in [5.74, 6) is -5.34. The van der Waals surface area contributed by atoms with E-state index in [0.717, 1.165) is 55.8 Å². The average Bonchev–Trinajstić information content (AvgIpc) is 2.73. The first-order chi connectivity index (χ1) is 16.2. The minimum absolute atomic E-state index is 0.0309. The van der Waals surface area contributed by atoms with Crippen LogP contribution >= 0.6 is 0 Å². The van der Waals surface area contributed by atoms with E-state index in [1.165, 1.54) is 6.08 Å². The molecule has 13 heteroatoms. The fraction of sp³-hybridized carbons (Fsp3) is 0.364. The van der Waals surface area contributed by atoms with Crippen molar-refractivity contribution in [3.63, 3.8) is 0 Å². The van der Waals surface area contributed by atoms with Crippen LogP contribution in [-0.4, -0.2) is 34.5 Å². The molecular formula is C22H23F6N5O2. The molecule has 1 aromatic heterocycles. The van der Waals surface area contributed by atoms with E-state index in [0.29, 0.717) is 6.92 Å². The van der Waals surface area contributed by atoms with E-state index in [-0.39, 0.29) is 24.1 Å². The van der Waals surface area contributed by atoms with Gasteiger partial charge in [0.25, 0.3) is 5.92 Å². The van der Waals surface area contributed by atoms with Gasteiger partial charge in [0, 0.05) is 30.9 Å². The molecule has 0 radical (unpaired) electrons. The first kappa shape index (κ1) is 27.6. The maximum Gasteiger partial charge on any atom is 0.427 e. The van der Waals surface area contributed by atoms with Gasteiger partial charge in [-0.25, -0.2) is 19.4 Å². The monoisotopic (exact) mass is 503 g/mol. The molecule has 2 rings (SSSR count). The normalized spacial score (nSPS) is 13.1. The Kier molecular flexibility index (Phi) is 8.47.